The van der Waals surface area contributed by atoms with E-state index in [1.165, 1.54) is 6.92 Å². The molecule has 0 aliphatic rings. The second kappa shape index (κ2) is 4.40. The molecule has 0 spiro atoms. The standard InChI is InChI=1S/C6H12O5/c1-3(8)5(10)6(11)4(9)2-7/h3,5-8,10-11H,2H2,1H3/t3-,5-,6-/m0/s1. The quantitative estimate of drug-likeness (QED) is 0.373. The molecule has 0 aliphatic carbocycles. The minimum atomic E-state index is -1.71. The monoisotopic (exact) mass is 164 g/mol. The van der Waals surface area contributed by atoms with Gasteiger partial charge in [-0.15, -0.1) is 0 Å². The Kier molecular flexibility index (Phi) is 4.20. The van der Waals surface area contributed by atoms with E-state index in [9.17, 15) is 4.79 Å². The van der Waals surface area contributed by atoms with Gasteiger partial charge in [0.25, 0.3) is 0 Å². The van der Waals surface area contributed by atoms with Crippen molar-refractivity contribution in [3.05, 3.63) is 0 Å². The molecule has 0 heterocycles. The molecule has 0 aliphatic heterocycles. The summed E-state index contributed by atoms with van der Waals surface area (Å²) in [5.74, 6) is -0.904. The van der Waals surface area contributed by atoms with E-state index in [4.69, 9.17) is 20.4 Å². The molecule has 0 aromatic rings. The van der Waals surface area contributed by atoms with Crippen LogP contribution in [-0.4, -0.2) is 51.1 Å². The van der Waals surface area contributed by atoms with E-state index in [0.717, 1.165) is 0 Å². The molecule has 0 radical (unpaired) electrons. The van der Waals surface area contributed by atoms with Gasteiger partial charge in [-0.1, -0.05) is 0 Å². The molecule has 0 aromatic heterocycles. The molecule has 0 rings (SSSR count). The van der Waals surface area contributed by atoms with Crippen LogP contribution in [0.4, 0.5) is 0 Å². The Labute approximate surface area is 63.9 Å². The third-order valence-corrected chi connectivity index (χ3v) is 1.30. The first kappa shape index (κ1) is 10.5. The van der Waals surface area contributed by atoms with Crippen molar-refractivity contribution in [3.8, 4) is 0 Å². The highest BCUT2D eigenvalue weighted by molar-refractivity contribution is 5.84. The summed E-state index contributed by atoms with van der Waals surface area (Å²) in [5.41, 5.74) is 0. The van der Waals surface area contributed by atoms with E-state index in [0.29, 0.717) is 0 Å². The van der Waals surface area contributed by atoms with Gasteiger partial charge >= 0.3 is 0 Å². The Morgan fingerprint density at radius 1 is 1.36 bits per heavy atom. The summed E-state index contributed by atoms with van der Waals surface area (Å²) in [5, 5.41) is 34.6. The van der Waals surface area contributed by atoms with Gasteiger partial charge in [0.05, 0.1) is 6.10 Å². The molecule has 0 aromatic carbocycles. The van der Waals surface area contributed by atoms with E-state index < -0.39 is 30.7 Å². The van der Waals surface area contributed by atoms with Crippen LogP contribution in [0.15, 0.2) is 0 Å². The van der Waals surface area contributed by atoms with Crippen molar-refractivity contribution in [3.63, 3.8) is 0 Å². The van der Waals surface area contributed by atoms with Gasteiger partial charge in [-0.2, -0.15) is 0 Å². The second-order valence-electron chi connectivity index (χ2n) is 2.30. The van der Waals surface area contributed by atoms with Gasteiger partial charge in [0.1, 0.15) is 18.8 Å². The van der Waals surface area contributed by atoms with Crippen LogP contribution in [-0.2, 0) is 4.79 Å². The molecule has 0 bridgehead atoms. The van der Waals surface area contributed by atoms with Crippen molar-refractivity contribution >= 4 is 5.78 Å². The molecular weight excluding hydrogens is 152 g/mol. The molecule has 66 valence electrons. The highest BCUT2D eigenvalue weighted by atomic mass is 16.4. The molecule has 0 saturated heterocycles. The van der Waals surface area contributed by atoms with E-state index >= 15 is 0 Å². The summed E-state index contributed by atoms with van der Waals surface area (Å²) in [6, 6.07) is 0. The lowest BCUT2D eigenvalue weighted by molar-refractivity contribution is -0.140. The maximum atomic E-state index is 10.5. The van der Waals surface area contributed by atoms with Crippen LogP contribution >= 0.6 is 0 Å². The average molecular weight is 164 g/mol. The van der Waals surface area contributed by atoms with Gasteiger partial charge in [0.15, 0.2) is 5.78 Å². The van der Waals surface area contributed by atoms with Crippen LogP contribution in [0.1, 0.15) is 6.92 Å². The summed E-state index contributed by atoms with van der Waals surface area (Å²) in [6.45, 7) is 0.392. The van der Waals surface area contributed by atoms with Crippen LogP contribution in [0.25, 0.3) is 0 Å². The van der Waals surface area contributed by atoms with Crippen molar-refractivity contribution in [2.45, 2.75) is 25.2 Å². The second-order valence-corrected chi connectivity index (χ2v) is 2.30. The van der Waals surface area contributed by atoms with E-state index in [1.807, 2.05) is 0 Å². The topological polar surface area (TPSA) is 98.0 Å². The third-order valence-electron chi connectivity index (χ3n) is 1.30. The molecule has 4 N–H and O–H groups in total. The molecule has 0 unspecified atom stereocenters. The largest absolute Gasteiger partial charge is 0.391 e. The van der Waals surface area contributed by atoms with Crippen LogP contribution < -0.4 is 0 Å². The first-order valence-electron chi connectivity index (χ1n) is 3.18. The Balaban J connectivity index is 4.01. The van der Waals surface area contributed by atoms with Crippen molar-refractivity contribution in [2.24, 2.45) is 0 Å². The first-order valence-corrected chi connectivity index (χ1v) is 3.18. The van der Waals surface area contributed by atoms with Gasteiger partial charge in [-0.3, -0.25) is 4.79 Å². The molecule has 5 heteroatoms. The van der Waals surface area contributed by atoms with Gasteiger partial charge in [0.2, 0.25) is 0 Å². The molecule has 0 fully saturated rings. The fourth-order valence-electron chi connectivity index (χ4n) is 0.548. The number of hydrogen-bond acceptors (Lipinski definition) is 5. The summed E-state index contributed by atoms with van der Waals surface area (Å²) in [6.07, 6.45) is -4.44. The number of carbonyl (C=O) groups excluding carboxylic acids is 1. The predicted molar refractivity (Wildman–Crippen MR) is 35.8 cm³/mol. The summed E-state index contributed by atoms with van der Waals surface area (Å²) < 4.78 is 0. The minimum Gasteiger partial charge on any atom is -0.391 e. The molecular formula is C6H12O5. The zero-order valence-electron chi connectivity index (χ0n) is 6.14. The Bertz CT molecular complexity index is 133. The Morgan fingerprint density at radius 2 is 1.82 bits per heavy atom. The van der Waals surface area contributed by atoms with Crippen molar-refractivity contribution in [1.82, 2.24) is 0 Å². The fourth-order valence-corrected chi connectivity index (χ4v) is 0.548. The third kappa shape index (κ3) is 2.94. The average Bonchev–Trinajstić information content (AvgIpc) is 2.00. The number of rotatable bonds is 4. The smallest absolute Gasteiger partial charge is 0.189 e. The summed E-state index contributed by atoms with van der Waals surface area (Å²) in [4.78, 5) is 10.5. The zero-order valence-corrected chi connectivity index (χ0v) is 6.14. The number of Topliss-reactive ketones (excluding diaryl/α,β-unsaturated/α-hetero) is 1. The Hall–Kier alpha value is -0.490. The van der Waals surface area contributed by atoms with Crippen LogP contribution in [0, 0.1) is 0 Å². The van der Waals surface area contributed by atoms with Crippen molar-refractivity contribution in [2.75, 3.05) is 6.61 Å². The lowest BCUT2D eigenvalue weighted by Gasteiger charge is -2.17. The molecule has 5 nitrogen and oxygen atoms in total. The number of carbonyl (C=O) groups is 1. The molecule has 3 atom stereocenters. The Morgan fingerprint density at radius 3 is 2.09 bits per heavy atom. The van der Waals surface area contributed by atoms with Crippen LogP contribution in [0.3, 0.4) is 0 Å². The fraction of sp³-hybridized carbons (Fsp3) is 0.833. The van der Waals surface area contributed by atoms with Gasteiger partial charge in [-0.05, 0) is 6.92 Å². The van der Waals surface area contributed by atoms with Crippen molar-refractivity contribution < 1.29 is 25.2 Å². The molecule has 11 heavy (non-hydrogen) atoms. The zero-order chi connectivity index (χ0) is 9.02. The van der Waals surface area contributed by atoms with Gasteiger partial charge < -0.3 is 20.4 Å². The normalized spacial score (nSPS) is 19.0. The lowest BCUT2D eigenvalue weighted by atomic mass is 10.1. The highest BCUT2D eigenvalue weighted by Gasteiger charge is 2.26. The predicted octanol–water partition coefficient (Wildman–Crippen LogP) is -2.35. The van der Waals surface area contributed by atoms with Crippen LogP contribution in [0.5, 0.6) is 0 Å². The first-order chi connectivity index (χ1) is 5.00. The SMILES string of the molecule is C[C@H](O)[C@H](O)[C@@H](O)C(=O)CO. The maximum absolute atomic E-state index is 10.5. The van der Waals surface area contributed by atoms with Crippen molar-refractivity contribution in [1.29, 1.82) is 0 Å². The number of aliphatic hydroxyl groups is 4. The summed E-state index contributed by atoms with van der Waals surface area (Å²) >= 11 is 0. The van der Waals surface area contributed by atoms with E-state index in [-0.39, 0.29) is 0 Å². The molecule has 0 amide bonds. The van der Waals surface area contributed by atoms with E-state index in [1.54, 1.807) is 0 Å². The lowest BCUT2D eigenvalue weighted by Crippen LogP contribution is -2.42. The number of aliphatic hydroxyl groups excluding tert-OH is 4. The summed E-state index contributed by atoms with van der Waals surface area (Å²) in [7, 11) is 0. The molecule has 0 saturated carbocycles. The van der Waals surface area contributed by atoms with Gasteiger partial charge in [0, 0.05) is 0 Å². The highest BCUT2D eigenvalue weighted by Crippen LogP contribution is 2.00. The van der Waals surface area contributed by atoms with Gasteiger partial charge in [-0.25, -0.2) is 0 Å². The maximum Gasteiger partial charge on any atom is 0.189 e. The number of ketones is 1. The number of hydrogen-bond donors (Lipinski definition) is 4. The van der Waals surface area contributed by atoms with Crippen LogP contribution in [0.2, 0.25) is 0 Å². The minimum absolute atomic E-state index is 0.842. The van der Waals surface area contributed by atoms with E-state index in [2.05, 4.69) is 0 Å².